The van der Waals surface area contributed by atoms with Crippen molar-refractivity contribution in [3.05, 3.63) is 23.2 Å². The maximum Gasteiger partial charge on any atom is 0.271 e. The van der Waals surface area contributed by atoms with Gasteiger partial charge in [0.05, 0.1) is 18.0 Å². The van der Waals surface area contributed by atoms with Crippen molar-refractivity contribution in [1.82, 2.24) is 15.3 Å². The van der Waals surface area contributed by atoms with E-state index in [1.54, 1.807) is 6.92 Å². The third-order valence-corrected chi connectivity index (χ3v) is 2.53. The fraction of sp³-hybridized carbons (Fsp3) is 0.583. The molecule has 18 heavy (non-hydrogen) atoms. The summed E-state index contributed by atoms with van der Waals surface area (Å²) < 4.78 is 0. The molecule has 0 spiro atoms. The van der Waals surface area contributed by atoms with Crippen LogP contribution in [-0.4, -0.2) is 33.1 Å². The summed E-state index contributed by atoms with van der Waals surface area (Å²) >= 11 is 5.58. The summed E-state index contributed by atoms with van der Waals surface area (Å²) in [4.78, 5) is 19.3. The Morgan fingerprint density at radius 3 is 2.67 bits per heavy atom. The van der Waals surface area contributed by atoms with Crippen LogP contribution in [0.2, 0.25) is 5.15 Å². The van der Waals surface area contributed by atoms with Gasteiger partial charge in [-0.1, -0.05) is 25.4 Å². The van der Waals surface area contributed by atoms with Gasteiger partial charge in [-0.05, 0) is 19.3 Å². The van der Waals surface area contributed by atoms with E-state index in [4.69, 9.17) is 11.6 Å². The Hall–Kier alpha value is -1.20. The number of rotatable bonds is 5. The van der Waals surface area contributed by atoms with Crippen LogP contribution in [0, 0.1) is 5.92 Å². The van der Waals surface area contributed by atoms with E-state index in [2.05, 4.69) is 15.3 Å². The number of aromatic nitrogens is 2. The summed E-state index contributed by atoms with van der Waals surface area (Å²) in [5, 5.41) is 12.9. The van der Waals surface area contributed by atoms with Gasteiger partial charge in [-0.15, -0.1) is 0 Å². The number of aliphatic hydroxyl groups is 1. The van der Waals surface area contributed by atoms with Gasteiger partial charge in [0.25, 0.3) is 5.91 Å². The van der Waals surface area contributed by atoms with Crippen LogP contribution in [0.1, 0.15) is 37.7 Å². The van der Waals surface area contributed by atoms with Crippen molar-refractivity contribution in [2.45, 2.75) is 32.8 Å². The molecule has 1 heterocycles. The van der Waals surface area contributed by atoms with E-state index in [1.165, 1.54) is 12.4 Å². The van der Waals surface area contributed by atoms with Crippen LogP contribution in [0.15, 0.2) is 12.4 Å². The molecule has 1 amide bonds. The molecule has 0 aliphatic rings. The lowest BCUT2D eigenvalue weighted by atomic mass is 9.94. The van der Waals surface area contributed by atoms with Crippen molar-refractivity contribution in [1.29, 1.82) is 0 Å². The normalized spacial score (nSPS) is 14.3. The van der Waals surface area contributed by atoms with Gasteiger partial charge in [0.1, 0.15) is 10.8 Å². The fourth-order valence-corrected chi connectivity index (χ4v) is 1.84. The molecule has 0 saturated carbocycles. The fourth-order valence-electron chi connectivity index (χ4n) is 1.74. The van der Waals surface area contributed by atoms with Crippen LogP contribution in [-0.2, 0) is 0 Å². The van der Waals surface area contributed by atoms with Gasteiger partial charge < -0.3 is 10.4 Å². The van der Waals surface area contributed by atoms with Crippen molar-refractivity contribution in [3.8, 4) is 0 Å². The molecule has 1 atom stereocenters. The predicted octanol–water partition coefficient (Wildman–Crippen LogP) is 1.66. The second-order valence-electron chi connectivity index (χ2n) is 5.00. The summed E-state index contributed by atoms with van der Waals surface area (Å²) in [5.41, 5.74) is -0.747. The molecule has 0 aliphatic carbocycles. The number of carbonyl (C=O) groups is 1. The lowest BCUT2D eigenvalue weighted by Crippen LogP contribution is -2.41. The molecule has 0 saturated heterocycles. The van der Waals surface area contributed by atoms with Crippen molar-refractivity contribution in [2.24, 2.45) is 5.92 Å². The number of nitrogens with one attached hydrogen (secondary N) is 1. The topological polar surface area (TPSA) is 75.1 Å². The second-order valence-corrected chi connectivity index (χ2v) is 5.39. The number of nitrogens with zero attached hydrogens (tertiary/aromatic N) is 2. The first-order valence-electron chi connectivity index (χ1n) is 5.78. The van der Waals surface area contributed by atoms with Gasteiger partial charge in [-0.2, -0.15) is 0 Å². The van der Waals surface area contributed by atoms with E-state index in [1.807, 2.05) is 13.8 Å². The van der Waals surface area contributed by atoms with Crippen LogP contribution >= 0.6 is 11.6 Å². The molecule has 1 aromatic heterocycles. The molecule has 2 N–H and O–H groups in total. The van der Waals surface area contributed by atoms with E-state index in [-0.39, 0.29) is 23.3 Å². The zero-order valence-electron chi connectivity index (χ0n) is 10.8. The smallest absolute Gasteiger partial charge is 0.271 e. The Morgan fingerprint density at radius 1 is 1.50 bits per heavy atom. The zero-order chi connectivity index (χ0) is 13.8. The van der Waals surface area contributed by atoms with Crippen molar-refractivity contribution in [2.75, 3.05) is 6.54 Å². The van der Waals surface area contributed by atoms with E-state index < -0.39 is 5.60 Å². The SMILES string of the molecule is CC(C)CC(C)(O)CNC(=O)c1cnc(Cl)cn1. The second kappa shape index (κ2) is 6.11. The number of hydrogen-bond donors (Lipinski definition) is 2. The van der Waals surface area contributed by atoms with Crippen LogP contribution in [0.4, 0.5) is 0 Å². The third-order valence-electron chi connectivity index (χ3n) is 2.33. The van der Waals surface area contributed by atoms with E-state index in [9.17, 15) is 9.90 Å². The Balaban J connectivity index is 2.53. The van der Waals surface area contributed by atoms with Crippen LogP contribution in [0.25, 0.3) is 0 Å². The molecular formula is C12H18ClN3O2. The Kier molecular flexibility index (Phi) is 5.04. The minimum atomic E-state index is -0.927. The molecule has 0 bridgehead atoms. The largest absolute Gasteiger partial charge is 0.388 e. The van der Waals surface area contributed by atoms with Crippen molar-refractivity contribution in [3.63, 3.8) is 0 Å². The van der Waals surface area contributed by atoms with Gasteiger partial charge >= 0.3 is 0 Å². The molecule has 0 fully saturated rings. The molecule has 0 radical (unpaired) electrons. The van der Waals surface area contributed by atoms with Crippen molar-refractivity contribution < 1.29 is 9.90 Å². The molecule has 1 unspecified atom stereocenters. The lowest BCUT2D eigenvalue weighted by molar-refractivity contribution is 0.0367. The van der Waals surface area contributed by atoms with Gasteiger partial charge in [0, 0.05) is 6.54 Å². The number of halogens is 1. The van der Waals surface area contributed by atoms with Crippen LogP contribution in [0.5, 0.6) is 0 Å². The van der Waals surface area contributed by atoms with Crippen LogP contribution in [0.3, 0.4) is 0 Å². The maximum absolute atomic E-state index is 11.7. The summed E-state index contributed by atoms with van der Waals surface area (Å²) in [5.74, 6) is -0.0181. The number of hydrogen-bond acceptors (Lipinski definition) is 4. The maximum atomic E-state index is 11.7. The summed E-state index contributed by atoms with van der Waals surface area (Å²) in [6, 6.07) is 0. The zero-order valence-corrected chi connectivity index (χ0v) is 11.5. The first kappa shape index (κ1) is 14.9. The monoisotopic (exact) mass is 271 g/mol. The average molecular weight is 272 g/mol. The highest BCUT2D eigenvalue weighted by Gasteiger charge is 2.23. The van der Waals surface area contributed by atoms with Gasteiger partial charge in [-0.3, -0.25) is 4.79 Å². The first-order chi connectivity index (χ1) is 8.30. The summed E-state index contributed by atoms with van der Waals surface area (Å²) in [6.07, 6.45) is 3.22. The number of amides is 1. The lowest BCUT2D eigenvalue weighted by Gasteiger charge is -2.25. The van der Waals surface area contributed by atoms with Gasteiger partial charge in [0.15, 0.2) is 0 Å². The third kappa shape index (κ3) is 4.98. The first-order valence-corrected chi connectivity index (χ1v) is 6.16. The highest BCUT2D eigenvalue weighted by molar-refractivity contribution is 6.29. The van der Waals surface area contributed by atoms with E-state index in [0.29, 0.717) is 12.3 Å². The van der Waals surface area contributed by atoms with E-state index >= 15 is 0 Å². The minimum absolute atomic E-state index is 0.175. The molecule has 0 aromatic carbocycles. The Morgan fingerprint density at radius 2 is 2.17 bits per heavy atom. The van der Waals surface area contributed by atoms with Gasteiger partial charge in [-0.25, -0.2) is 9.97 Å². The predicted molar refractivity (Wildman–Crippen MR) is 69.5 cm³/mol. The molecule has 0 aliphatic heterocycles. The Labute approximate surface area is 112 Å². The molecule has 1 aromatic rings. The number of carbonyl (C=O) groups excluding carboxylic acids is 1. The summed E-state index contributed by atoms with van der Waals surface area (Å²) in [6.45, 7) is 5.90. The molecule has 100 valence electrons. The quantitative estimate of drug-likeness (QED) is 0.854. The Bertz CT molecular complexity index is 404. The summed E-state index contributed by atoms with van der Waals surface area (Å²) in [7, 11) is 0. The van der Waals surface area contributed by atoms with Crippen LogP contribution < -0.4 is 5.32 Å². The molecule has 1 rings (SSSR count). The van der Waals surface area contributed by atoms with Gasteiger partial charge in [0.2, 0.25) is 0 Å². The average Bonchev–Trinajstić information content (AvgIpc) is 2.25. The molecule has 5 nitrogen and oxygen atoms in total. The highest BCUT2D eigenvalue weighted by Crippen LogP contribution is 2.15. The highest BCUT2D eigenvalue weighted by atomic mass is 35.5. The molecule has 6 heteroatoms. The van der Waals surface area contributed by atoms with E-state index in [0.717, 1.165) is 0 Å². The van der Waals surface area contributed by atoms with Crippen molar-refractivity contribution >= 4 is 17.5 Å². The minimum Gasteiger partial charge on any atom is -0.388 e. The molecular weight excluding hydrogens is 254 g/mol. The standard InChI is InChI=1S/C12H18ClN3O2/c1-8(2)4-12(3,18)7-16-11(17)9-5-15-10(13)6-14-9/h5-6,8,18H,4,7H2,1-3H3,(H,16,17).